The van der Waals surface area contributed by atoms with Gasteiger partial charge in [0.15, 0.2) is 11.6 Å². The van der Waals surface area contributed by atoms with E-state index in [9.17, 15) is 14.3 Å². The van der Waals surface area contributed by atoms with Gasteiger partial charge in [0.2, 0.25) is 0 Å². The largest absolute Gasteiger partial charge is 0.391 e. The molecule has 2 unspecified atom stereocenters. The van der Waals surface area contributed by atoms with Crippen LogP contribution in [0.25, 0.3) is 0 Å². The zero-order valence-electron chi connectivity index (χ0n) is 10.6. The number of pyridine rings is 1. The monoisotopic (exact) mass is 268 g/mol. The summed E-state index contributed by atoms with van der Waals surface area (Å²) in [5.74, 6) is 3.87. The molecule has 1 aliphatic heterocycles. The molecule has 0 aliphatic carbocycles. The predicted molar refractivity (Wildman–Crippen MR) is 67.7 cm³/mol. The Morgan fingerprint density at radius 3 is 3.05 bits per heavy atom. The lowest BCUT2D eigenvalue weighted by Gasteiger charge is -2.34. The van der Waals surface area contributed by atoms with Crippen molar-refractivity contribution in [3.8, 4) is 0 Å². The molecule has 6 nitrogen and oxygen atoms in total. The van der Waals surface area contributed by atoms with E-state index in [2.05, 4.69) is 10.4 Å². The maximum absolute atomic E-state index is 13.9. The Bertz CT molecular complexity index is 483. The van der Waals surface area contributed by atoms with Crippen LogP contribution in [-0.4, -0.2) is 40.1 Å². The Kier molecular flexibility index (Phi) is 3.96. The third-order valence-electron chi connectivity index (χ3n) is 3.46. The molecule has 1 amide bonds. The molecule has 2 atom stereocenters. The van der Waals surface area contributed by atoms with Gasteiger partial charge in [-0.25, -0.2) is 15.2 Å². The molecule has 0 bridgehead atoms. The maximum Gasteiger partial charge on any atom is 0.257 e. The van der Waals surface area contributed by atoms with Crippen molar-refractivity contribution in [2.75, 3.05) is 18.5 Å². The summed E-state index contributed by atoms with van der Waals surface area (Å²) in [6.07, 6.45) is 1.44. The molecule has 1 saturated heterocycles. The second-order valence-corrected chi connectivity index (χ2v) is 4.75. The van der Waals surface area contributed by atoms with Gasteiger partial charge in [0.25, 0.3) is 5.91 Å². The standard InChI is InChI=1S/C12H17FN4O2/c1-7-3-5-17(6-9(7)18)12(19)8-2-4-15-11(16-14)10(8)13/h2,4,7,9,18H,3,5-6,14H2,1H3,(H,15,16). The first kappa shape index (κ1) is 13.7. The van der Waals surface area contributed by atoms with E-state index in [1.165, 1.54) is 17.2 Å². The second-order valence-electron chi connectivity index (χ2n) is 4.75. The molecule has 1 aromatic heterocycles. The van der Waals surface area contributed by atoms with Crippen LogP contribution < -0.4 is 11.3 Å². The number of likely N-dealkylation sites (tertiary alicyclic amines) is 1. The van der Waals surface area contributed by atoms with Crippen LogP contribution in [-0.2, 0) is 0 Å². The first-order chi connectivity index (χ1) is 9.04. The van der Waals surface area contributed by atoms with Crippen molar-refractivity contribution in [1.82, 2.24) is 9.88 Å². The van der Waals surface area contributed by atoms with Crippen molar-refractivity contribution >= 4 is 11.7 Å². The summed E-state index contributed by atoms with van der Waals surface area (Å²) in [6, 6.07) is 1.31. The molecule has 2 heterocycles. The van der Waals surface area contributed by atoms with Crippen molar-refractivity contribution in [2.24, 2.45) is 11.8 Å². The number of anilines is 1. The van der Waals surface area contributed by atoms with Gasteiger partial charge in [0, 0.05) is 19.3 Å². The number of nitrogens with two attached hydrogens (primary N) is 1. The summed E-state index contributed by atoms with van der Waals surface area (Å²) in [5, 5.41) is 9.78. The van der Waals surface area contributed by atoms with E-state index < -0.39 is 17.8 Å². The highest BCUT2D eigenvalue weighted by Crippen LogP contribution is 2.21. The fraction of sp³-hybridized carbons (Fsp3) is 0.500. The van der Waals surface area contributed by atoms with Crippen molar-refractivity contribution in [2.45, 2.75) is 19.4 Å². The Labute approximate surface area is 110 Å². The molecule has 0 saturated carbocycles. The van der Waals surface area contributed by atoms with Crippen LogP contribution in [0.2, 0.25) is 0 Å². The number of β-amino-alcohol motifs (C(OH)–C–C–N with tert-alkyl or cyclic N) is 1. The normalized spacial score (nSPS) is 23.3. The van der Waals surface area contributed by atoms with Gasteiger partial charge in [-0.1, -0.05) is 6.92 Å². The fourth-order valence-corrected chi connectivity index (χ4v) is 2.11. The predicted octanol–water partition coefficient (Wildman–Crippen LogP) is 0.349. The first-order valence-corrected chi connectivity index (χ1v) is 6.13. The van der Waals surface area contributed by atoms with Crippen molar-refractivity contribution in [1.29, 1.82) is 0 Å². The molecular weight excluding hydrogens is 251 g/mol. The van der Waals surface area contributed by atoms with Gasteiger partial charge in [-0.05, 0) is 18.4 Å². The van der Waals surface area contributed by atoms with Gasteiger partial charge in [-0.3, -0.25) is 4.79 Å². The van der Waals surface area contributed by atoms with Gasteiger partial charge in [-0.15, -0.1) is 0 Å². The molecule has 0 aromatic carbocycles. The van der Waals surface area contributed by atoms with Gasteiger partial charge in [0.05, 0.1) is 11.7 Å². The Morgan fingerprint density at radius 1 is 1.68 bits per heavy atom. The van der Waals surface area contributed by atoms with Crippen molar-refractivity contribution in [3.63, 3.8) is 0 Å². The average Bonchev–Trinajstić information content (AvgIpc) is 2.41. The number of rotatable bonds is 2. The Hall–Kier alpha value is -1.73. The number of hydrazine groups is 1. The molecule has 0 radical (unpaired) electrons. The minimum Gasteiger partial charge on any atom is -0.391 e. The number of aliphatic hydroxyl groups is 1. The molecular formula is C12H17FN4O2. The minimum absolute atomic E-state index is 0.0929. The van der Waals surface area contributed by atoms with E-state index in [0.29, 0.717) is 13.0 Å². The number of nitrogen functional groups attached to an aromatic ring is 1. The van der Waals surface area contributed by atoms with Gasteiger partial charge < -0.3 is 15.4 Å². The third kappa shape index (κ3) is 2.66. The lowest BCUT2D eigenvalue weighted by atomic mass is 9.95. The summed E-state index contributed by atoms with van der Waals surface area (Å²) in [6.45, 7) is 2.65. The minimum atomic E-state index is -0.775. The summed E-state index contributed by atoms with van der Waals surface area (Å²) < 4.78 is 13.9. The summed E-state index contributed by atoms with van der Waals surface area (Å²) in [7, 11) is 0. The number of aromatic nitrogens is 1. The highest BCUT2D eigenvalue weighted by Gasteiger charge is 2.29. The van der Waals surface area contributed by atoms with E-state index in [1.807, 2.05) is 6.92 Å². The van der Waals surface area contributed by atoms with Crippen LogP contribution in [0.3, 0.4) is 0 Å². The summed E-state index contributed by atoms with van der Waals surface area (Å²) >= 11 is 0. The number of hydrogen-bond acceptors (Lipinski definition) is 5. The topological polar surface area (TPSA) is 91.5 Å². The summed E-state index contributed by atoms with van der Waals surface area (Å²) in [5.41, 5.74) is 2.01. The molecule has 19 heavy (non-hydrogen) atoms. The van der Waals surface area contributed by atoms with E-state index in [4.69, 9.17) is 5.84 Å². The number of nitrogens with zero attached hydrogens (tertiary/aromatic N) is 2. The summed E-state index contributed by atoms with van der Waals surface area (Å²) in [4.78, 5) is 17.3. The van der Waals surface area contributed by atoms with E-state index >= 15 is 0 Å². The molecule has 4 N–H and O–H groups in total. The first-order valence-electron chi connectivity index (χ1n) is 6.13. The zero-order valence-corrected chi connectivity index (χ0v) is 10.6. The van der Waals surface area contributed by atoms with E-state index in [1.54, 1.807) is 0 Å². The number of nitrogens with one attached hydrogen (secondary N) is 1. The smallest absolute Gasteiger partial charge is 0.257 e. The van der Waals surface area contributed by atoms with Crippen LogP contribution in [0.5, 0.6) is 0 Å². The molecule has 7 heteroatoms. The molecule has 104 valence electrons. The molecule has 2 rings (SSSR count). The Balaban J connectivity index is 2.20. The number of aliphatic hydroxyl groups excluding tert-OH is 1. The lowest BCUT2D eigenvalue weighted by molar-refractivity contribution is 0.0246. The van der Waals surface area contributed by atoms with Gasteiger partial charge >= 0.3 is 0 Å². The van der Waals surface area contributed by atoms with E-state index in [-0.39, 0.29) is 23.8 Å². The molecule has 1 aromatic rings. The number of carbonyl (C=O) groups excluding carboxylic acids is 1. The van der Waals surface area contributed by atoms with E-state index in [0.717, 1.165) is 0 Å². The second kappa shape index (κ2) is 5.50. The Morgan fingerprint density at radius 2 is 2.42 bits per heavy atom. The molecule has 1 fully saturated rings. The van der Waals surface area contributed by atoms with Gasteiger partial charge in [0.1, 0.15) is 0 Å². The number of carbonyl (C=O) groups is 1. The van der Waals surface area contributed by atoms with Crippen LogP contribution >= 0.6 is 0 Å². The SMILES string of the molecule is CC1CCN(C(=O)c2ccnc(NN)c2F)CC1O. The van der Waals surface area contributed by atoms with Gasteiger partial charge in [-0.2, -0.15) is 0 Å². The van der Waals surface area contributed by atoms with Crippen LogP contribution in [0.15, 0.2) is 12.3 Å². The van der Waals surface area contributed by atoms with Crippen molar-refractivity contribution < 1.29 is 14.3 Å². The third-order valence-corrected chi connectivity index (χ3v) is 3.46. The quantitative estimate of drug-likeness (QED) is 0.532. The number of halogens is 1. The van der Waals surface area contributed by atoms with Crippen LogP contribution in [0.4, 0.5) is 10.2 Å². The number of hydrogen-bond donors (Lipinski definition) is 3. The van der Waals surface area contributed by atoms with Crippen molar-refractivity contribution in [3.05, 3.63) is 23.6 Å². The molecule has 1 aliphatic rings. The zero-order chi connectivity index (χ0) is 14.0. The van der Waals surface area contributed by atoms with Crippen LogP contribution in [0.1, 0.15) is 23.7 Å². The fourth-order valence-electron chi connectivity index (χ4n) is 2.11. The van der Waals surface area contributed by atoms with Crippen LogP contribution in [0, 0.1) is 11.7 Å². The highest BCUT2D eigenvalue weighted by molar-refractivity contribution is 5.95. The lowest BCUT2D eigenvalue weighted by Crippen LogP contribution is -2.46. The maximum atomic E-state index is 13.9. The highest BCUT2D eigenvalue weighted by atomic mass is 19.1. The number of amides is 1. The molecule has 0 spiro atoms. The average molecular weight is 268 g/mol. The number of piperidine rings is 1.